The smallest absolute Gasteiger partial charge is 0.238 e. The van der Waals surface area contributed by atoms with Crippen LogP contribution in [0, 0.1) is 6.92 Å². The summed E-state index contributed by atoms with van der Waals surface area (Å²) in [6, 6.07) is 12.0. The lowest BCUT2D eigenvalue weighted by Crippen LogP contribution is -2.58. The van der Waals surface area contributed by atoms with Crippen molar-refractivity contribution in [3.63, 3.8) is 0 Å². The molecule has 6 nitrogen and oxygen atoms in total. The molecule has 1 aromatic carbocycles. The minimum atomic E-state index is -0.195. The molecule has 1 aliphatic rings. The normalized spacial score (nSPS) is 18.4. The molecule has 0 bridgehead atoms. The second-order valence-corrected chi connectivity index (χ2v) is 5.99. The molecule has 24 heavy (non-hydrogen) atoms. The number of likely N-dealkylation sites (N-methyl/N-ethyl adjacent to an activating group) is 1. The number of aryl methyl sites for hydroxylation is 1. The Labute approximate surface area is 142 Å². The van der Waals surface area contributed by atoms with Crippen LogP contribution in [0.15, 0.2) is 42.6 Å². The Morgan fingerprint density at radius 1 is 1.25 bits per heavy atom. The summed E-state index contributed by atoms with van der Waals surface area (Å²) in [5.41, 5.74) is 1.22. The van der Waals surface area contributed by atoms with Crippen molar-refractivity contribution in [2.75, 3.05) is 31.6 Å². The Morgan fingerprint density at radius 3 is 2.75 bits per heavy atom. The molecule has 2 heterocycles. The highest BCUT2D eigenvalue weighted by Crippen LogP contribution is 2.19. The van der Waals surface area contributed by atoms with Crippen LogP contribution in [0.5, 0.6) is 0 Å². The van der Waals surface area contributed by atoms with Gasteiger partial charge in [-0.15, -0.1) is 0 Å². The third-order valence-electron chi connectivity index (χ3n) is 4.35. The Bertz CT molecular complexity index is 691. The maximum Gasteiger partial charge on any atom is 0.238 e. The lowest BCUT2D eigenvalue weighted by molar-refractivity contribution is -0.126. The summed E-state index contributed by atoms with van der Waals surface area (Å²) in [6.07, 6.45) is 1.77. The van der Waals surface area contributed by atoms with E-state index >= 15 is 0 Å². The summed E-state index contributed by atoms with van der Waals surface area (Å²) in [4.78, 5) is 25.4. The second-order valence-electron chi connectivity index (χ2n) is 5.99. The molecular weight excluding hydrogens is 302 g/mol. The number of amides is 1. The minimum Gasteiger partial charge on any atom is -0.358 e. The molecule has 1 amide bonds. The SMILES string of the molecule is CNC(=O)[C@H]1CN(c2ccnc(C)n2)CCN1Cc1ccccc1. The van der Waals surface area contributed by atoms with Gasteiger partial charge in [-0.25, -0.2) is 9.97 Å². The van der Waals surface area contributed by atoms with E-state index in [9.17, 15) is 4.79 Å². The van der Waals surface area contributed by atoms with Gasteiger partial charge in [-0.3, -0.25) is 9.69 Å². The molecule has 1 aromatic heterocycles. The van der Waals surface area contributed by atoms with Crippen LogP contribution in [0.25, 0.3) is 0 Å². The maximum absolute atomic E-state index is 12.4. The van der Waals surface area contributed by atoms with Gasteiger partial charge in [0.25, 0.3) is 0 Å². The number of aromatic nitrogens is 2. The first-order valence-electron chi connectivity index (χ1n) is 8.21. The van der Waals surface area contributed by atoms with E-state index in [2.05, 4.69) is 37.2 Å². The van der Waals surface area contributed by atoms with Gasteiger partial charge in [0, 0.05) is 39.4 Å². The van der Waals surface area contributed by atoms with E-state index in [4.69, 9.17) is 0 Å². The lowest BCUT2D eigenvalue weighted by atomic mass is 10.1. The van der Waals surface area contributed by atoms with Gasteiger partial charge < -0.3 is 10.2 Å². The molecule has 1 fully saturated rings. The zero-order valence-corrected chi connectivity index (χ0v) is 14.1. The first kappa shape index (κ1) is 16.4. The number of piperazine rings is 1. The molecule has 1 atom stereocenters. The molecule has 0 unspecified atom stereocenters. The van der Waals surface area contributed by atoms with Crippen LogP contribution in [0.3, 0.4) is 0 Å². The first-order chi connectivity index (χ1) is 11.7. The molecule has 126 valence electrons. The van der Waals surface area contributed by atoms with Crippen molar-refractivity contribution in [1.29, 1.82) is 0 Å². The fraction of sp³-hybridized carbons (Fsp3) is 0.389. The van der Waals surface area contributed by atoms with Crippen molar-refractivity contribution >= 4 is 11.7 Å². The van der Waals surface area contributed by atoms with Crippen LogP contribution < -0.4 is 10.2 Å². The monoisotopic (exact) mass is 325 g/mol. The second kappa shape index (κ2) is 7.40. The summed E-state index contributed by atoms with van der Waals surface area (Å²) in [5, 5.41) is 2.79. The molecule has 1 N–H and O–H groups in total. The van der Waals surface area contributed by atoms with Crippen LogP contribution in [0.2, 0.25) is 0 Å². The molecule has 1 saturated heterocycles. The summed E-state index contributed by atoms with van der Waals surface area (Å²) in [5.74, 6) is 1.67. The van der Waals surface area contributed by atoms with E-state index < -0.39 is 0 Å². The van der Waals surface area contributed by atoms with E-state index in [1.54, 1.807) is 13.2 Å². The van der Waals surface area contributed by atoms with Crippen molar-refractivity contribution in [1.82, 2.24) is 20.2 Å². The molecule has 0 saturated carbocycles. The molecular formula is C18H23N5O. The Morgan fingerprint density at radius 2 is 2.04 bits per heavy atom. The molecule has 0 radical (unpaired) electrons. The van der Waals surface area contributed by atoms with E-state index in [-0.39, 0.29) is 11.9 Å². The number of rotatable bonds is 4. The van der Waals surface area contributed by atoms with Crippen LogP contribution >= 0.6 is 0 Å². The number of carbonyl (C=O) groups excluding carboxylic acids is 1. The third kappa shape index (κ3) is 3.71. The number of nitrogens with one attached hydrogen (secondary N) is 1. The van der Waals surface area contributed by atoms with Gasteiger partial charge in [-0.2, -0.15) is 0 Å². The van der Waals surface area contributed by atoms with Crippen molar-refractivity contribution in [3.8, 4) is 0 Å². The van der Waals surface area contributed by atoms with Gasteiger partial charge in [0.1, 0.15) is 17.7 Å². The summed E-state index contributed by atoms with van der Waals surface area (Å²) >= 11 is 0. The lowest BCUT2D eigenvalue weighted by Gasteiger charge is -2.41. The van der Waals surface area contributed by atoms with Crippen molar-refractivity contribution in [3.05, 3.63) is 54.0 Å². The maximum atomic E-state index is 12.4. The first-order valence-corrected chi connectivity index (χ1v) is 8.21. The fourth-order valence-electron chi connectivity index (χ4n) is 3.07. The van der Waals surface area contributed by atoms with Gasteiger partial charge in [0.05, 0.1) is 0 Å². The van der Waals surface area contributed by atoms with E-state index in [0.29, 0.717) is 6.54 Å². The number of hydrogen-bond acceptors (Lipinski definition) is 5. The molecule has 0 spiro atoms. The van der Waals surface area contributed by atoms with Crippen LogP contribution in [0.4, 0.5) is 5.82 Å². The van der Waals surface area contributed by atoms with Gasteiger partial charge in [-0.1, -0.05) is 30.3 Å². The van der Waals surface area contributed by atoms with E-state index in [0.717, 1.165) is 31.3 Å². The summed E-state index contributed by atoms with van der Waals surface area (Å²) in [7, 11) is 1.69. The fourth-order valence-corrected chi connectivity index (χ4v) is 3.07. The largest absolute Gasteiger partial charge is 0.358 e. The number of nitrogens with zero attached hydrogens (tertiary/aromatic N) is 4. The molecule has 2 aromatic rings. The quantitative estimate of drug-likeness (QED) is 0.916. The molecule has 3 rings (SSSR count). The van der Waals surface area contributed by atoms with Crippen LogP contribution in [0.1, 0.15) is 11.4 Å². The highest BCUT2D eigenvalue weighted by Gasteiger charge is 2.32. The Hall–Kier alpha value is -2.47. The number of carbonyl (C=O) groups is 1. The average Bonchev–Trinajstić information content (AvgIpc) is 2.62. The van der Waals surface area contributed by atoms with Gasteiger partial charge >= 0.3 is 0 Å². The Kier molecular flexibility index (Phi) is 5.05. The summed E-state index contributed by atoms with van der Waals surface area (Å²) < 4.78 is 0. The zero-order valence-electron chi connectivity index (χ0n) is 14.1. The highest BCUT2D eigenvalue weighted by atomic mass is 16.2. The van der Waals surface area contributed by atoms with E-state index in [1.165, 1.54) is 5.56 Å². The minimum absolute atomic E-state index is 0.0430. The van der Waals surface area contributed by atoms with E-state index in [1.807, 2.05) is 31.2 Å². The number of anilines is 1. The van der Waals surface area contributed by atoms with Gasteiger partial charge in [-0.05, 0) is 18.6 Å². The topological polar surface area (TPSA) is 61.4 Å². The predicted octanol–water partition coefficient (Wildman–Crippen LogP) is 1.22. The van der Waals surface area contributed by atoms with Crippen molar-refractivity contribution < 1.29 is 4.79 Å². The van der Waals surface area contributed by atoms with Gasteiger partial charge in [0.2, 0.25) is 5.91 Å². The van der Waals surface area contributed by atoms with Crippen molar-refractivity contribution in [2.24, 2.45) is 0 Å². The Balaban J connectivity index is 1.77. The molecule has 1 aliphatic heterocycles. The standard InChI is InChI=1S/C18H23N5O/c1-14-20-9-8-17(21-14)23-11-10-22(16(13-23)18(24)19-2)12-15-6-4-3-5-7-15/h3-9,16H,10-13H2,1-2H3,(H,19,24)/t16-/m1/s1. The zero-order chi connectivity index (χ0) is 16.9. The number of hydrogen-bond donors (Lipinski definition) is 1. The highest BCUT2D eigenvalue weighted by molar-refractivity contribution is 5.82. The third-order valence-corrected chi connectivity index (χ3v) is 4.35. The van der Waals surface area contributed by atoms with Gasteiger partial charge in [0.15, 0.2) is 0 Å². The predicted molar refractivity (Wildman–Crippen MR) is 93.7 cm³/mol. The number of benzene rings is 1. The summed E-state index contributed by atoms with van der Waals surface area (Å²) in [6.45, 7) is 4.94. The van der Waals surface area contributed by atoms with Crippen LogP contribution in [-0.4, -0.2) is 53.5 Å². The molecule has 0 aliphatic carbocycles. The van der Waals surface area contributed by atoms with Crippen LogP contribution in [-0.2, 0) is 11.3 Å². The average molecular weight is 325 g/mol. The van der Waals surface area contributed by atoms with Crippen molar-refractivity contribution in [2.45, 2.75) is 19.5 Å². The molecule has 6 heteroatoms.